The van der Waals surface area contributed by atoms with E-state index >= 15 is 0 Å². The lowest BCUT2D eigenvalue weighted by molar-refractivity contribution is -0.137. The van der Waals surface area contributed by atoms with Crippen LogP contribution in [0.4, 0.5) is 0 Å². The van der Waals surface area contributed by atoms with Gasteiger partial charge in [0.05, 0.1) is 6.20 Å². The third-order valence-corrected chi connectivity index (χ3v) is 2.33. The Labute approximate surface area is 103 Å². The number of unbranched alkanes of at least 4 members (excludes halogenated alkanes) is 2. The third kappa shape index (κ3) is 5.35. The Balaban J connectivity index is 2.11. The second-order valence-electron chi connectivity index (χ2n) is 3.55. The molecule has 0 saturated heterocycles. The number of H-pyrrole nitrogens is 1. The van der Waals surface area contributed by atoms with E-state index in [4.69, 9.17) is 16.7 Å². The molecule has 3 N–H and O–H groups in total. The molecule has 1 aromatic heterocycles. The summed E-state index contributed by atoms with van der Waals surface area (Å²) in [7, 11) is 0. The number of aliphatic carboxylic acids is 1. The number of hydrogen-bond donors (Lipinski definition) is 3. The zero-order valence-corrected chi connectivity index (χ0v) is 9.96. The molecule has 0 aliphatic carbocycles. The van der Waals surface area contributed by atoms with Crippen molar-refractivity contribution in [3.63, 3.8) is 0 Å². The van der Waals surface area contributed by atoms with Crippen LogP contribution in [0.3, 0.4) is 0 Å². The Kier molecular flexibility index (Phi) is 5.48. The number of carboxylic acids is 1. The maximum atomic E-state index is 11.5. The zero-order chi connectivity index (χ0) is 12.7. The molecule has 1 aromatic rings. The average Bonchev–Trinajstić information content (AvgIpc) is 2.69. The minimum absolute atomic E-state index is 0.171. The lowest BCUT2D eigenvalue weighted by Gasteiger charge is -2.02. The van der Waals surface area contributed by atoms with E-state index in [1.54, 1.807) is 0 Å². The maximum Gasteiger partial charge on any atom is 0.303 e. The van der Waals surface area contributed by atoms with Gasteiger partial charge in [0, 0.05) is 13.0 Å². The van der Waals surface area contributed by atoms with Gasteiger partial charge >= 0.3 is 5.97 Å². The summed E-state index contributed by atoms with van der Waals surface area (Å²) in [6, 6.07) is 0. The first-order chi connectivity index (χ1) is 8.09. The van der Waals surface area contributed by atoms with Crippen molar-refractivity contribution < 1.29 is 14.7 Å². The summed E-state index contributed by atoms with van der Waals surface area (Å²) < 4.78 is 0. The Bertz CT molecular complexity index is 392. The maximum absolute atomic E-state index is 11.5. The predicted molar refractivity (Wildman–Crippen MR) is 62.0 cm³/mol. The molecule has 94 valence electrons. The van der Waals surface area contributed by atoms with Crippen LogP contribution in [0.1, 0.15) is 36.2 Å². The molecule has 1 amide bonds. The number of imidazole rings is 1. The Morgan fingerprint density at radius 1 is 1.41 bits per heavy atom. The standard InChI is InChI=1S/C10H14ClN3O3/c11-10-13-6-7(14-10)9(17)12-5-3-1-2-4-8(15)16/h6H,1-5H2,(H,12,17)(H,13,14)(H,15,16). The summed E-state index contributed by atoms with van der Waals surface area (Å²) in [5.41, 5.74) is 0.320. The van der Waals surface area contributed by atoms with Crippen LogP contribution in [0.25, 0.3) is 0 Å². The van der Waals surface area contributed by atoms with Gasteiger partial charge in [0.1, 0.15) is 5.69 Å². The molecule has 1 rings (SSSR count). The number of carbonyl (C=O) groups excluding carboxylic acids is 1. The van der Waals surface area contributed by atoms with Crippen molar-refractivity contribution in [2.75, 3.05) is 6.54 Å². The van der Waals surface area contributed by atoms with Crippen molar-refractivity contribution in [3.8, 4) is 0 Å². The molecule has 7 heteroatoms. The van der Waals surface area contributed by atoms with E-state index in [9.17, 15) is 9.59 Å². The Morgan fingerprint density at radius 3 is 2.76 bits per heavy atom. The molecule has 0 aliphatic heterocycles. The smallest absolute Gasteiger partial charge is 0.303 e. The van der Waals surface area contributed by atoms with E-state index in [0.29, 0.717) is 18.7 Å². The number of hydrogen-bond acceptors (Lipinski definition) is 3. The number of rotatable bonds is 7. The number of amides is 1. The molecule has 0 aliphatic rings. The highest BCUT2D eigenvalue weighted by molar-refractivity contribution is 6.28. The van der Waals surface area contributed by atoms with Crippen LogP contribution >= 0.6 is 11.6 Å². The van der Waals surface area contributed by atoms with Gasteiger partial charge in [-0.1, -0.05) is 6.42 Å². The quantitative estimate of drug-likeness (QED) is 0.646. The van der Waals surface area contributed by atoms with E-state index in [1.165, 1.54) is 6.20 Å². The number of nitrogens with one attached hydrogen (secondary N) is 2. The molecule has 0 spiro atoms. The molecule has 0 fully saturated rings. The van der Waals surface area contributed by atoms with E-state index in [1.807, 2.05) is 0 Å². The SMILES string of the molecule is O=C(O)CCCCCNC(=O)c1cnc(Cl)[nH]1. The monoisotopic (exact) mass is 259 g/mol. The fourth-order valence-corrected chi connectivity index (χ4v) is 1.44. The van der Waals surface area contributed by atoms with E-state index in [0.717, 1.165) is 12.8 Å². The van der Waals surface area contributed by atoms with Gasteiger partial charge in [0.15, 0.2) is 0 Å². The van der Waals surface area contributed by atoms with E-state index in [2.05, 4.69) is 15.3 Å². The minimum atomic E-state index is -0.791. The molecule has 0 aromatic carbocycles. The molecule has 0 unspecified atom stereocenters. The summed E-state index contributed by atoms with van der Waals surface area (Å²) in [5.74, 6) is -1.05. The lowest BCUT2D eigenvalue weighted by Crippen LogP contribution is -2.24. The molecule has 17 heavy (non-hydrogen) atoms. The topological polar surface area (TPSA) is 95.1 Å². The van der Waals surface area contributed by atoms with Crippen LogP contribution in [-0.4, -0.2) is 33.5 Å². The Morgan fingerprint density at radius 2 is 2.18 bits per heavy atom. The van der Waals surface area contributed by atoms with Crippen molar-refractivity contribution in [3.05, 3.63) is 17.2 Å². The van der Waals surface area contributed by atoms with Crippen molar-refractivity contribution in [2.24, 2.45) is 0 Å². The number of nitrogens with zero attached hydrogens (tertiary/aromatic N) is 1. The highest BCUT2D eigenvalue weighted by Crippen LogP contribution is 2.03. The fraction of sp³-hybridized carbons (Fsp3) is 0.500. The first-order valence-electron chi connectivity index (χ1n) is 5.30. The molecule has 1 heterocycles. The van der Waals surface area contributed by atoms with Crippen LogP contribution in [0.5, 0.6) is 0 Å². The van der Waals surface area contributed by atoms with Crippen molar-refractivity contribution in [1.82, 2.24) is 15.3 Å². The first kappa shape index (κ1) is 13.5. The van der Waals surface area contributed by atoms with E-state index < -0.39 is 5.97 Å². The first-order valence-corrected chi connectivity index (χ1v) is 5.68. The summed E-state index contributed by atoms with van der Waals surface area (Å²) in [6.45, 7) is 0.509. The van der Waals surface area contributed by atoms with Crippen LogP contribution in [0, 0.1) is 0 Å². The van der Waals surface area contributed by atoms with Crippen LogP contribution in [0.15, 0.2) is 6.20 Å². The number of halogens is 1. The van der Waals surface area contributed by atoms with Gasteiger partial charge < -0.3 is 15.4 Å². The molecule has 0 radical (unpaired) electrons. The van der Waals surface area contributed by atoms with Gasteiger partial charge in [-0.2, -0.15) is 0 Å². The molecule has 6 nitrogen and oxygen atoms in total. The largest absolute Gasteiger partial charge is 0.481 e. The number of carbonyl (C=O) groups is 2. The van der Waals surface area contributed by atoms with Crippen molar-refractivity contribution in [1.29, 1.82) is 0 Å². The van der Waals surface area contributed by atoms with Gasteiger partial charge in [-0.3, -0.25) is 9.59 Å². The third-order valence-electron chi connectivity index (χ3n) is 2.14. The summed E-state index contributed by atoms with van der Waals surface area (Å²) in [4.78, 5) is 28.0. The van der Waals surface area contributed by atoms with Gasteiger partial charge in [0.2, 0.25) is 5.28 Å². The number of carboxylic acid groups (broad SMARTS) is 1. The predicted octanol–water partition coefficient (Wildman–Crippen LogP) is 1.44. The number of aromatic amines is 1. The number of aromatic nitrogens is 2. The second-order valence-corrected chi connectivity index (χ2v) is 3.91. The molecule has 0 saturated carbocycles. The normalized spacial score (nSPS) is 10.2. The highest BCUT2D eigenvalue weighted by Gasteiger charge is 2.07. The lowest BCUT2D eigenvalue weighted by atomic mass is 10.2. The van der Waals surface area contributed by atoms with Crippen LogP contribution < -0.4 is 5.32 Å². The highest BCUT2D eigenvalue weighted by atomic mass is 35.5. The van der Waals surface area contributed by atoms with Gasteiger partial charge in [-0.05, 0) is 24.4 Å². The summed E-state index contributed by atoms with van der Waals surface area (Å²) >= 11 is 5.53. The average molecular weight is 260 g/mol. The second kappa shape index (κ2) is 6.90. The van der Waals surface area contributed by atoms with Crippen LogP contribution in [0.2, 0.25) is 5.28 Å². The molecular weight excluding hydrogens is 246 g/mol. The molecule has 0 bridgehead atoms. The summed E-state index contributed by atoms with van der Waals surface area (Å²) in [5, 5.41) is 11.3. The van der Waals surface area contributed by atoms with Gasteiger partial charge in [-0.25, -0.2) is 4.98 Å². The zero-order valence-electron chi connectivity index (χ0n) is 9.20. The minimum Gasteiger partial charge on any atom is -0.481 e. The summed E-state index contributed by atoms with van der Waals surface area (Å²) in [6.07, 6.45) is 3.69. The molecular formula is C10H14ClN3O3. The van der Waals surface area contributed by atoms with Gasteiger partial charge in [0.25, 0.3) is 5.91 Å². The van der Waals surface area contributed by atoms with E-state index in [-0.39, 0.29) is 17.6 Å². The molecule has 0 atom stereocenters. The van der Waals surface area contributed by atoms with Gasteiger partial charge in [-0.15, -0.1) is 0 Å². The van der Waals surface area contributed by atoms with Crippen molar-refractivity contribution in [2.45, 2.75) is 25.7 Å². The fourth-order valence-electron chi connectivity index (χ4n) is 1.29. The van der Waals surface area contributed by atoms with Crippen molar-refractivity contribution >= 4 is 23.5 Å². The van der Waals surface area contributed by atoms with Crippen LogP contribution in [-0.2, 0) is 4.79 Å². The Hall–Kier alpha value is -1.56.